The fourth-order valence-electron chi connectivity index (χ4n) is 6.99. The summed E-state index contributed by atoms with van der Waals surface area (Å²) in [6.45, 7) is 4.18. The fraction of sp³-hybridized carbons (Fsp3) is 0.667. The number of benzene rings is 1. The zero-order valence-electron chi connectivity index (χ0n) is 20.8. The van der Waals surface area contributed by atoms with Crippen molar-refractivity contribution in [2.75, 3.05) is 44.2 Å². The van der Waals surface area contributed by atoms with E-state index in [0.29, 0.717) is 11.1 Å². The van der Waals surface area contributed by atoms with Crippen LogP contribution in [0.4, 0.5) is 5.69 Å². The number of fused-ring (bicyclic) bond motifs is 1. The first-order valence-corrected chi connectivity index (χ1v) is 13.6. The van der Waals surface area contributed by atoms with Crippen LogP contribution in [-0.4, -0.2) is 91.0 Å². The summed E-state index contributed by atoms with van der Waals surface area (Å²) in [5.41, 5.74) is 14.2. The zero-order valence-corrected chi connectivity index (χ0v) is 20.8. The number of hydrogen-bond donors (Lipinski definition) is 2. The minimum atomic E-state index is -0.632. The summed E-state index contributed by atoms with van der Waals surface area (Å²) in [4.78, 5) is 46.0. The Morgan fingerprint density at radius 2 is 1.75 bits per heavy atom. The highest BCUT2D eigenvalue weighted by molar-refractivity contribution is 5.99. The van der Waals surface area contributed by atoms with E-state index < -0.39 is 24.0 Å². The number of piperazine rings is 1. The average molecular weight is 496 g/mol. The molecule has 1 aromatic rings. The number of rotatable bonds is 6. The molecule has 3 saturated heterocycles. The van der Waals surface area contributed by atoms with E-state index in [4.69, 9.17) is 16.2 Å². The number of nitrogens with zero attached hydrogens (tertiary/aromatic N) is 3. The highest BCUT2D eigenvalue weighted by atomic mass is 16.5. The lowest BCUT2D eigenvalue weighted by molar-refractivity contribution is -0.138. The maximum atomic E-state index is 14.2. The van der Waals surface area contributed by atoms with Gasteiger partial charge in [-0.3, -0.25) is 19.3 Å². The fourth-order valence-corrected chi connectivity index (χ4v) is 6.99. The zero-order chi connectivity index (χ0) is 25.0. The van der Waals surface area contributed by atoms with Crippen LogP contribution in [0.3, 0.4) is 0 Å². The maximum Gasteiger partial charge on any atom is 0.249 e. The first-order chi connectivity index (χ1) is 17.4. The molecule has 36 heavy (non-hydrogen) atoms. The Morgan fingerprint density at radius 3 is 2.42 bits per heavy atom. The Hall–Kier alpha value is -2.49. The van der Waals surface area contributed by atoms with Crippen molar-refractivity contribution in [3.63, 3.8) is 0 Å². The molecule has 5 aliphatic rings. The summed E-state index contributed by atoms with van der Waals surface area (Å²) < 4.78 is 5.63. The third-order valence-electron chi connectivity index (χ3n) is 9.02. The molecule has 5 fully saturated rings. The minimum absolute atomic E-state index is 0.00420. The second-order valence-electron chi connectivity index (χ2n) is 11.3. The normalized spacial score (nSPS) is 30.1. The summed E-state index contributed by atoms with van der Waals surface area (Å²) in [6.07, 6.45) is 6.09. The first-order valence-electron chi connectivity index (χ1n) is 13.6. The van der Waals surface area contributed by atoms with Crippen LogP contribution in [0.5, 0.6) is 0 Å². The molecule has 6 rings (SSSR count). The van der Waals surface area contributed by atoms with Crippen molar-refractivity contribution in [2.24, 2.45) is 17.4 Å². The van der Waals surface area contributed by atoms with E-state index in [2.05, 4.69) is 9.80 Å². The molecular formula is C27H37N5O4. The Kier molecular flexibility index (Phi) is 6.25. The van der Waals surface area contributed by atoms with E-state index in [1.165, 1.54) is 12.8 Å². The number of anilines is 1. The Morgan fingerprint density at radius 1 is 1.03 bits per heavy atom. The summed E-state index contributed by atoms with van der Waals surface area (Å²) in [5.74, 6) is -1.17. The monoisotopic (exact) mass is 495 g/mol. The number of nitrogens with two attached hydrogens (primary N) is 2. The Balaban J connectivity index is 1.34. The predicted molar refractivity (Wildman–Crippen MR) is 135 cm³/mol. The van der Waals surface area contributed by atoms with Crippen LogP contribution >= 0.6 is 0 Å². The topological polar surface area (TPSA) is 122 Å². The number of ether oxygens (including phenoxy) is 1. The van der Waals surface area contributed by atoms with E-state index in [0.717, 1.165) is 63.6 Å². The van der Waals surface area contributed by atoms with Gasteiger partial charge in [0.1, 0.15) is 18.8 Å². The molecule has 3 heterocycles. The van der Waals surface area contributed by atoms with Crippen molar-refractivity contribution in [1.82, 2.24) is 9.80 Å². The highest BCUT2D eigenvalue weighted by Crippen LogP contribution is 2.42. The average Bonchev–Trinajstić information content (AvgIpc) is 3.28. The van der Waals surface area contributed by atoms with Gasteiger partial charge in [0.2, 0.25) is 11.8 Å². The van der Waals surface area contributed by atoms with E-state index in [-0.39, 0.29) is 36.8 Å². The van der Waals surface area contributed by atoms with E-state index in [1.54, 1.807) is 11.0 Å². The van der Waals surface area contributed by atoms with E-state index in [9.17, 15) is 14.4 Å². The summed E-state index contributed by atoms with van der Waals surface area (Å²) in [5, 5.41) is 0. The predicted octanol–water partition coefficient (Wildman–Crippen LogP) is 0.850. The summed E-state index contributed by atoms with van der Waals surface area (Å²) in [7, 11) is 0. The van der Waals surface area contributed by atoms with Crippen LogP contribution in [0, 0.1) is 5.92 Å². The lowest BCUT2D eigenvalue weighted by atomic mass is 9.80. The molecule has 1 aromatic carbocycles. The molecule has 9 nitrogen and oxygen atoms in total. The molecule has 2 aliphatic carbocycles. The SMILES string of the molecule is NC(=O)c1ccc(N2CCN(C3CC3)CC2)cc1[C@@H](C(=O)N1C[C@@H](N)[C@H]2OCC(=O)[C@H]21)C1CCCC1. The van der Waals surface area contributed by atoms with Gasteiger partial charge in [0, 0.05) is 50.0 Å². The van der Waals surface area contributed by atoms with Gasteiger partial charge < -0.3 is 26.0 Å². The Bertz CT molecular complexity index is 1040. The van der Waals surface area contributed by atoms with Gasteiger partial charge in [0.15, 0.2) is 5.78 Å². The largest absolute Gasteiger partial charge is 0.369 e. The quantitative estimate of drug-likeness (QED) is 0.600. The van der Waals surface area contributed by atoms with Gasteiger partial charge in [-0.05, 0) is 55.4 Å². The van der Waals surface area contributed by atoms with Crippen LogP contribution in [-0.2, 0) is 14.3 Å². The smallest absolute Gasteiger partial charge is 0.249 e. The summed E-state index contributed by atoms with van der Waals surface area (Å²) >= 11 is 0. The van der Waals surface area contributed by atoms with Gasteiger partial charge in [-0.1, -0.05) is 12.8 Å². The van der Waals surface area contributed by atoms with Crippen molar-refractivity contribution in [2.45, 2.75) is 68.7 Å². The van der Waals surface area contributed by atoms with Crippen molar-refractivity contribution in [3.8, 4) is 0 Å². The van der Waals surface area contributed by atoms with Gasteiger partial charge in [-0.2, -0.15) is 0 Å². The molecule has 0 unspecified atom stereocenters. The number of likely N-dealkylation sites (tertiary alicyclic amines) is 1. The second-order valence-corrected chi connectivity index (χ2v) is 11.3. The lowest BCUT2D eigenvalue weighted by Gasteiger charge is -2.37. The number of amides is 2. The molecule has 0 bridgehead atoms. The molecule has 0 aromatic heterocycles. The Labute approximate surface area is 212 Å². The number of hydrogen-bond acceptors (Lipinski definition) is 7. The first kappa shape index (κ1) is 23.9. The molecule has 4 N–H and O–H groups in total. The molecule has 3 aliphatic heterocycles. The third kappa shape index (κ3) is 4.21. The van der Waals surface area contributed by atoms with Gasteiger partial charge in [-0.25, -0.2) is 0 Å². The number of ketones is 1. The van der Waals surface area contributed by atoms with Gasteiger partial charge in [0.05, 0.1) is 12.0 Å². The van der Waals surface area contributed by atoms with Crippen molar-refractivity contribution >= 4 is 23.3 Å². The standard InChI is InChI=1S/C27H37N5O4/c28-21-14-32(24-22(33)15-36-25(21)24)27(35)23(16-3-1-2-4-16)20-13-18(7-8-19(20)26(29)34)31-11-9-30(10-12-31)17-5-6-17/h7-8,13,16-17,21,23-25H,1-6,9-12,14-15,28H2,(H2,29,34)/t21-,23+,24-,25-/m1/s1. The number of carbonyl (C=O) groups excluding carboxylic acids is 3. The summed E-state index contributed by atoms with van der Waals surface area (Å²) in [6, 6.07) is 5.50. The van der Waals surface area contributed by atoms with Crippen LogP contribution in [0.15, 0.2) is 18.2 Å². The van der Waals surface area contributed by atoms with Crippen LogP contribution in [0.25, 0.3) is 0 Å². The molecule has 2 saturated carbocycles. The number of carbonyl (C=O) groups is 3. The van der Waals surface area contributed by atoms with Crippen molar-refractivity contribution in [1.29, 1.82) is 0 Å². The maximum absolute atomic E-state index is 14.2. The molecule has 0 radical (unpaired) electrons. The van der Waals surface area contributed by atoms with E-state index in [1.807, 2.05) is 12.1 Å². The van der Waals surface area contributed by atoms with Crippen LogP contribution < -0.4 is 16.4 Å². The molecule has 194 valence electrons. The molecule has 9 heteroatoms. The second kappa shape index (κ2) is 9.43. The number of Topliss-reactive ketones (excluding diaryl/α,β-unsaturated/α-hetero) is 1. The molecular weight excluding hydrogens is 458 g/mol. The lowest BCUT2D eigenvalue weighted by Crippen LogP contribution is -2.47. The molecule has 0 spiro atoms. The number of primary amides is 1. The van der Waals surface area contributed by atoms with E-state index >= 15 is 0 Å². The van der Waals surface area contributed by atoms with Gasteiger partial charge in [-0.15, -0.1) is 0 Å². The van der Waals surface area contributed by atoms with Crippen LogP contribution in [0.1, 0.15) is 60.4 Å². The molecule has 4 atom stereocenters. The van der Waals surface area contributed by atoms with Crippen molar-refractivity contribution < 1.29 is 19.1 Å². The molecule has 2 amide bonds. The van der Waals surface area contributed by atoms with Crippen LogP contribution in [0.2, 0.25) is 0 Å². The van der Waals surface area contributed by atoms with Gasteiger partial charge in [0.25, 0.3) is 0 Å². The minimum Gasteiger partial charge on any atom is -0.369 e. The van der Waals surface area contributed by atoms with Crippen molar-refractivity contribution in [3.05, 3.63) is 29.3 Å². The highest BCUT2D eigenvalue weighted by Gasteiger charge is 2.53. The van der Waals surface area contributed by atoms with Gasteiger partial charge >= 0.3 is 0 Å². The third-order valence-corrected chi connectivity index (χ3v) is 9.02.